The van der Waals surface area contributed by atoms with Gasteiger partial charge in [-0.1, -0.05) is 26.7 Å². The molecular formula is C16H32N2O2. The van der Waals surface area contributed by atoms with Crippen LogP contribution < -0.4 is 5.32 Å². The molecular weight excluding hydrogens is 252 g/mol. The first-order valence-electron chi connectivity index (χ1n) is 8.03. The predicted molar refractivity (Wildman–Crippen MR) is 82.9 cm³/mol. The maximum Gasteiger partial charge on any atom is 0.407 e. The average molecular weight is 284 g/mol. The number of ether oxygens (including phenoxy) is 1. The summed E-state index contributed by atoms with van der Waals surface area (Å²) >= 11 is 0. The zero-order chi connectivity index (χ0) is 15.2. The molecule has 0 bridgehead atoms. The molecule has 0 aromatic carbocycles. The van der Waals surface area contributed by atoms with Crippen LogP contribution in [0, 0.1) is 5.92 Å². The summed E-state index contributed by atoms with van der Waals surface area (Å²) in [6.07, 6.45) is 4.66. The van der Waals surface area contributed by atoms with Gasteiger partial charge in [0.25, 0.3) is 0 Å². The number of likely N-dealkylation sites (tertiary alicyclic amines) is 1. The molecule has 20 heavy (non-hydrogen) atoms. The molecule has 1 rings (SSSR count). The van der Waals surface area contributed by atoms with Gasteiger partial charge in [0.15, 0.2) is 0 Å². The predicted octanol–water partition coefficient (Wildman–Crippen LogP) is 3.41. The first-order chi connectivity index (χ1) is 9.31. The van der Waals surface area contributed by atoms with Crippen molar-refractivity contribution in [1.82, 2.24) is 10.2 Å². The zero-order valence-corrected chi connectivity index (χ0v) is 13.9. The van der Waals surface area contributed by atoms with Gasteiger partial charge >= 0.3 is 6.09 Å². The highest BCUT2D eigenvalue weighted by molar-refractivity contribution is 5.68. The second kappa shape index (κ2) is 7.87. The van der Waals surface area contributed by atoms with E-state index < -0.39 is 5.60 Å². The van der Waals surface area contributed by atoms with Gasteiger partial charge in [-0.05, 0) is 52.6 Å². The zero-order valence-electron chi connectivity index (χ0n) is 13.9. The van der Waals surface area contributed by atoms with Gasteiger partial charge in [0.1, 0.15) is 5.60 Å². The average Bonchev–Trinajstić information content (AvgIpc) is 2.36. The molecule has 1 aliphatic rings. The van der Waals surface area contributed by atoms with E-state index in [1.54, 1.807) is 0 Å². The fraction of sp³-hybridized carbons (Fsp3) is 0.938. The molecule has 1 heterocycles. The number of hydrogen-bond acceptors (Lipinski definition) is 3. The fourth-order valence-corrected chi connectivity index (χ4v) is 2.53. The molecule has 1 aliphatic heterocycles. The van der Waals surface area contributed by atoms with Crippen molar-refractivity contribution in [2.24, 2.45) is 5.92 Å². The lowest BCUT2D eigenvalue weighted by Crippen LogP contribution is -2.49. The standard InChI is InChI=1S/C16H32N2O2/c1-6-13(2)14(12-18-10-8-7-9-11-18)17-15(19)20-16(3,4)5/h13-14H,6-12H2,1-5H3,(H,17,19)/t13-,14-/m1/s1. The molecule has 4 heteroatoms. The largest absolute Gasteiger partial charge is 0.444 e. The third kappa shape index (κ3) is 6.60. The molecule has 4 nitrogen and oxygen atoms in total. The van der Waals surface area contributed by atoms with E-state index in [4.69, 9.17) is 4.74 Å². The normalized spacial score (nSPS) is 20.2. The van der Waals surface area contributed by atoms with Crippen molar-refractivity contribution in [2.75, 3.05) is 19.6 Å². The third-order valence-electron chi connectivity index (χ3n) is 3.94. The van der Waals surface area contributed by atoms with Gasteiger partial charge in [-0.2, -0.15) is 0 Å². The summed E-state index contributed by atoms with van der Waals surface area (Å²) in [5.74, 6) is 0.462. The van der Waals surface area contributed by atoms with Crippen molar-refractivity contribution in [3.8, 4) is 0 Å². The van der Waals surface area contributed by atoms with Crippen molar-refractivity contribution < 1.29 is 9.53 Å². The van der Waals surface area contributed by atoms with Gasteiger partial charge in [0.2, 0.25) is 0 Å². The number of nitrogens with zero attached hydrogens (tertiary/aromatic N) is 1. The van der Waals surface area contributed by atoms with Gasteiger partial charge in [-0.3, -0.25) is 0 Å². The number of carbonyl (C=O) groups excluding carboxylic acids is 1. The van der Waals surface area contributed by atoms with E-state index in [-0.39, 0.29) is 12.1 Å². The monoisotopic (exact) mass is 284 g/mol. The lowest BCUT2D eigenvalue weighted by molar-refractivity contribution is 0.0465. The number of nitrogens with one attached hydrogen (secondary N) is 1. The number of rotatable bonds is 5. The number of piperidine rings is 1. The van der Waals surface area contributed by atoms with E-state index in [9.17, 15) is 4.79 Å². The minimum atomic E-state index is -0.435. The molecule has 118 valence electrons. The maximum atomic E-state index is 12.0. The second-order valence-electron chi connectivity index (χ2n) is 7.00. The molecule has 1 fully saturated rings. The molecule has 0 aliphatic carbocycles. The van der Waals surface area contributed by atoms with E-state index in [2.05, 4.69) is 24.1 Å². The lowest BCUT2D eigenvalue weighted by atomic mass is 9.98. The maximum absolute atomic E-state index is 12.0. The molecule has 0 saturated carbocycles. The van der Waals surface area contributed by atoms with E-state index in [0.717, 1.165) is 26.1 Å². The first kappa shape index (κ1) is 17.3. The Morgan fingerprint density at radius 3 is 2.35 bits per heavy atom. The van der Waals surface area contributed by atoms with E-state index >= 15 is 0 Å². The Morgan fingerprint density at radius 1 is 1.25 bits per heavy atom. The highest BCUT2D eigenvalue weighted by Crippen LogP contribution is 2.15. The number of hydrogen-bond donors (Lipinski definition) is 1. The summed E-state index contributed by atoms with van der Waals surface area (Å²) in [5, 5.41) is 3.07. The van der Waals surface area contributed by atoms with Crippen molar-refractivity contribution >= 4 is 6.09 Å². The summed E-state index contributed by atoms with van der Waals surface area (Å²) in [6, 6.07) is 0.174. The Bertz CT molecular complexity index is 293. The van der Waals surface area contributed by atoms with Crippen molar-refractivity contribution in [3.05, 3.63) is 0 Å². The number of carbonyl (C=O) groups is 1. The van der Waals surface area contributed by atoms with Crippen LogP contribution in [0.3, 0.4) is 0 Å². The Kier molecular flexibility index (Phi) is 6.80. The van der Waals surface area contributed by atoms with Crippen LogP contribution in [0.5, 0.6) is 0 Å². The van der Waals surface area contributed by atoms with Crippen LogP contribution in [0.15, 0.2) is 0 Å². The topological polar surface area (TPSA) is 41.6 Å². The van der Waals surface area contributed by atoms with Crippen LogP contribution >= 0.6 is 0 Å². The van der Waals surface area contributed by atoms with Crippen LogP contribution in [-0.2, 0) is 4.74 Å². The summed E-state index contributed by atoms with van der Waals surface area (Å²) in [5.41, 5.74) is -0.435. The van der Waals surface area contributed by atoms with Gasteiger partial charge in [-0.15, -0.1) is 0 Å². The highest BCUT2D eigenvalue weighted by atomic mass is 16.6. The Balaban J connectivity index is 2.52. The molecule has 1 amide bonds. The Hall–Kier alpha value is -0.770. The molecule has 0 spiro atoms. The Labute approximate surface area is 124 Å². The lowest BCUT2D eigenvalue weighted by Gasteiger charge is -2.33. The van der Waals surface area contributed by atoms with Gasteiger partial charge in [0.05, 0.1) is 0 Å². The smallest absolute Gasteiger partial charge is 0.407 e. The summed E-state index contributed by atoms with van der Waals surface area (Å²) in [4.78, 5) is 14.4. The number of alkyl carbamates (subject to hydrolysis) is 1. The molecule has 1 N–H and O–H groups in total. The first-order valence-corrected chi connectivity index (χ1v) is 8.03. The molecule has 0 aromatic heterocycles. The molecule has 1 saturated heterocycles. The van der Waals surface area contributed by atoms with E-state index in [1.807, 2.05) is 20.8 Å². The molecule has 0 aromatic rings. The fourth-order valence-electron chi connectivity index (χ4n) is 2.53. The van der Waals surface area contributed by atoms with Gasteiger partial charge < -0.3 is 15.0 Å². The van der Waals surface area contributed by atoms with Crippen LogP contribution in [-0.4, -0.2) is 42.3 Å². The van der Waals surface area contributed by atoms with Crippen LogP contribution in [0.2, 0.25) is 0 Å². The Morgan fingerprint density at radius 2 is 1.85 bits per heavy atom. The van der Waals surface area contributed by atoms with Crippen LogP contribution in [0.4, 0.5) is 4.79 Å². The van der Waals surface area contributed by atoms with Crippen LogP contribution in [0.25, 0.3) is 0 Å². The minimum absolute atomic E-state index is 0.174. The van der Waals surface area contributed by atoms with Gasteiger partial charge in [0, 0.05) is 12.6 Å². The summed E-state index contributed by atoms with van der Waals surface area (Å²) in [6.45, 7) is 13.3. The van der Waals surface area contributed by atoms with Crippen molar-refractivity contribution in [3.63, 3.8) is 0 Å². The van der Waals surface area contributed by atoms with E-state index in [0.29, 0.717) is 5.92 Å². The molecule has 0 radical (unpaired) electrons. The van der Waals surface area contributed by atoms with Crippen LogP contribution in [0.1, 0.15) is 60.3 Å². The second-order valence-corrected chi connectivity index (χ2v) is 7.00. The molecule has 0 unspecified atom stereocenters. The van der Waals surface area contributed by atoms with Crippen molar-refractivity contribution in [1.29, 1.82) is 0 Å². The SMILES string of the molecule is CC[C@@H](C)[C@@H](CN1CCCCC1)NC(=O)OC(C)(C)C. The van der Waals surface area contributed by atoms with Gasteiger partial charge in [-0.25, -0.2) is 4.79 Å². The summed E-state index contributed by atoms with van der Waals surface area (Å²) in [7, 11) is 0. The van der Waals surface area contributed by atoms with E-state index in [1.165, 1.54) is 19.3 Å². The third-order valence-corrected chi connectivity index (χ3v) is 3.94. The quantitative estimate of drug-likeness (QED) is 0.841. The summed E-state index contributed by atoms with van der Waals surface area (Å²) < 4.78 is 5.38. The van der Waals surface area contributed by atoms with Crippen molar-refractivity contribution in [2.45, 2.75) is 71.9 Å². The highest BCUT2D eigenvalue weighted by Gasteiger charge is 2.25. The number of amides is 1. The minimum Gasteiger partial charge on any atom is -0.444 e. The molecule has 2 atom stereocenters.